The van der Waals surface area contributed by atoms with Gasteiger partial charge in [0, 0.05) is 6.08 Å². The van der Waals surface area contributed by atoms with Gasteiger partial charge in [-0.3, -0.25) is 9.59 Å². The van der Waals surface area contributed by atoms with Crippen LogP contribution in [0.4, 0.5) is 24.5 Å². The van der Waals surface area contributed by atoms with Crippen LogP contribution in [-0.4, -0.2) is 18.0 Å². The van der Waals surface area contributed by atoms with Gasteiger partial charge in [-0.05, 0) is 37.8 Å². The molecule has 0 atom stereocenters. The fraction of sp³-hybridized carbons (Fsp3) is 0.375. The second-order valence-corrected chi connectivity index (χ2v) is 5.35. The second-order valence-electron chi connectivity index (χ2n) is 5.35. The zero-order valence-corrected chi connectivity index (χ0v) is 12.4. The van der Waals surface area contributed by atoms with E-state index in [9.17, 15) is 22.8 Å². The highest BCUT2D eigenvalue weighted by Crippen LogP contribution is 2.26. The van der Waals surface area contributed by atoms with E-state index in [0.717, 1.165) is 37.7 Å². The quantitative estimate of drug-likeness (QED) is 0.824. The van der Waals surface area contributed by atoms with Crippen LogP contribution in [0.25, 0.3) is 0 Å². The van der Waals surface area contributed by atoms with Crippen molar-refractivity contribution in [3.05, 3.63) is 35.9 Å². The molecule has 1 aliphatic carbocycles. The maximum Gasteiger partial charge on any atom is 0.471 e. The van der Waals surface area contributed by atoms with E-state index in [1.807, 2.05) is 0 Å². The molecule has 23 heavy (non-hydrogen) atoms. The van der Waals surface area contributed by atoms with Gasteiger partial charge in [-0.25, -0.2) is 0 Å². The molecule has 7 heteroatoms. The molecule has 1 aliphatic rings. The van der Waals surface area contributed by atoms with Gasteiger partial charge in [0.15, 0.2) is 0 Å². The van der Waals surface area contributed by atoms with Crippen LogP contribution < -0.4 is 10.6 Å². The number of nitrogens with one attached hydrogen (secondary N) is 2. The zero-order chi connectivity index (χ0) is 16.9. The van der Waals surface area contributed by atoms with Crippen molar-refractivity contribution < 1.29 is 22.8 Å². The van der Waals surface area contributed by atoms with Gasteiger partial charge >= 0.3 is 12.1 Å². The minimum atomic E-state index is -4.98. The Labute approximate surface area is 131 Å². The average molecular weight is 326 g/mol. The third-order valence-electron chi connectivity index (χ3n) is 3.52. The average Bonchev–Trinajstić information content (AvgIpc) is 2.49. The predicted octanol–water partition coefficient (Wildman–Crippen LogP) is 4.02. The number of alkyl halides is 3. The summed E-state index contributed by atoms with van der Waals surface area (Å²) in [6, 6.07) is 5.77. The summed E-state index contributed by atoms with van der Waals surface area (Å²) in [7, 11) is 0. The lowest BCUT2D eigenvalue weighted by atomic mass is 9.94. The van der Waals surface area contributed by atoms with Crippen molar-refractivity contribution in [3.8, 4) is 0 Å². The zero-order valence-electron chi connectivity index (χ0n) is 12.4. The summed E-state index contributed by atoms with van der Waals surface area (Å²) in [6.45, 7) is 0. The Bertz CT molecular complexity index is 616. The minimum Gasteiger partial charge on any atom is -0.321 e. The van der Waals surface area contributed by atoms with Crippen molar-refractivity contribution in [2.24, 2.45) is 0 Å². The molecule has 0 spiro atoms. The summed E-state index contributed by atoms with van der Waals surface area (Å²) in [5, 5.41) is 4.28. The van der Waals surface area contributed by atoms with Crippen molar-refractivity contribution >= 4 is 23.2 Å². The Morgan fingerprint density at radius 2 is 1.52 bits per heavy atom. The molecule has 1 aromatic rings. The van der Waals surface area contributed by atoms with E-state index in [-0.39, 0.29) is 11.4 Å². The van der Waals surface area contributed by atoms with Crippen LogP contribution in [0.2, 0.25) is 0 Å². The second kappa shape index (κ2) is 7.30. The molecule has 2 rings (SSSR count). The summed E-state index contributed by atoms with van der Waals surface area (Å²) in [6.07, 6.45) is 1.45. The molecule has 1 saturated carbocycles. The predicted molar refractivity (Wildman–Crippen MR) is 80.9 cm³/mol. The first-order valence-corrected chi connectivity index (χ1v) is 7.34. The van der Waals surface area contributed by atoms with Crippen LogP contribution in [0, 0.1) is 0 Å². The lowest BCUT2D eigenvalue weighted by molar-refractivity contribution is -0.167. The van der Waals surface area contributed by atoms with E-state index in [2.05, 4.69) is 5.32 Å². The monoisotopic (exact) mass is 326 g/mol. The summed E-state index contributed by atoms with van der Waals surface area (Å²) in [4.78, 5) is 23.0. The smallest absolute Gasteiger partial charge is 0.321 e. The number of allylic oxidation sites excluding steroid dienone is 1. The lowest BCUT2D eigenvalue weighted by Gasteiger charge is -2.15. The van der Waals surface area contributed by atoms with Gasteiger partial charge in [-0.2, -0.15) is 13.2 Å². The standard InChI is InChI=1S/C16H17F3N2O2/c17-16(18,19)15(23)21-13-9-5-4-8-12(13)20-14(22)10-11-6-2-1-3-7-11/h4-5,8-10H,1-3,6-7H2,(H,20,22)(H,21,23). The molecule has 4 nitrogen and oxygen atoms in total. The molecule has 0 saturated heterocycles. The van der Waals surface area contributed by atoms with Crippen LogP contribution in [0.1, 0.15) is 32.1 Å². The van der Waals surface area contributed by atoms with Gasteiger partial charge < -0.3 is 10.6 Å². The van der Waals surface area contributed by atoms with Crippen molar-refractivity contribution in [2.75, 3.05) is 10.6 Å². The first-order chi connectivity index (χ1) is 10.9. The third kappa shape index (κ3) is 5.12. The topological polar surface area (TPSA) is 58.2 Å². The van der Waals surface area contributed by atoms with E-state index >= 15 is 0 Å². The number of para-hydroxylation sites is 2. The number of hydrogen-bond donors (Lipinski definition) is 2. The van der Waals surface area contributed by atoms with Crippen molar-refractivity contribution in [3.63, 3.8) is 0 Å². The molecule has 0 radical (unpaired) electrons. The molecule has 124 valence electrons. The number of benzene rings is 1. The molecule has 0 aromatic heterocycles. The largest absolute Gasteiger partial charge is 0.471 e. The summed E-state index contributed by atoms with van der Waals surface area (Å²) in [5.41, 5.74) is 1.07. The molecule has 1 fully saturated rings. The van der Waals surface area contributed by atoms with E-state index < -0.39 is 18.0 Å². The number of amides is 2. The fourth-order valence-electron chi connectivity index (χ4n) is 2.40. The van der Waals surface area contributed by atoms with Gasteiger partial charge in [0.2, 0.25) is 5.91 Å². The van der Waals surface area contributed by atoms with Gasteiger partial charge in [0.1, 0.15) is 0 Å². The van der Waals surface area contributed by atoms with E-state index in [4.69, 9.17) is 0 Å². The van der Waals surface area contributed by atoms with Crippen molar-refractivity contribution in [1.29, 1.82) is 0 Å². The molecular formula is C16H17F3N2O2. The molecular weight excluding hydrogens is 309 g/mol. The molecule has 1 aromatic carbocycles. The van der Waals surface area contributed by atoms with E-state index in [0.29, 0.717) is 0 Å². The van der Waals surface area contributed by atoms with E-state index in [1.165, 1.54) is 24.3 Å². The summed E-state index contributed by atoms with van der Waals surface area (Å²) >= 11 is 0. The molecule has 0 heterocycles. The van der Waals surface area contributed by atoms with Crippen LogP contribution in [0.15, 0.2) is 35.9 Å². The number of carbonyl (C=O) groups excluding carboxylic acids is 2. The Balaban J connectivity index is 2.08. The van der Waals surface area contributed by atoms with E-state index in [1.54, 1.807) is 11.4 Å². The highest BCUT2D eigenvalue weighted by molar-refractivity contribution is 6.04. The highest BCUT2D eigenvalue weighted by atomic mass is 19.4. The molecule has 0 unspecified atom stereocenters. The Kier molecular flexibility index (Phi) is 5.41. The molecule has 2 N–H and O–H groups in total. The Morgan fingerprint density at radius 1 is 0.957 bits per heavy atom. The van der Waals surface area contributed by atoms with Gasteiger partial charge in [0.25, 0.3) is 0 Å². The van der Waals surface area contributed by atoms with Gasteiger partial charge in [0.05, 0.1) is 11.4 Å². The van der Waals surface area contributed by atoms with Crippen LogP contribution in [0.5, 0.6) is 0 Å². The van der Waals surface area contributed by atoms with Crippen molar-refractivity contribution in [2.45, 2.75) is 38.3 Å². The first kappa shape index (κ1) is 17.1. The summed E-state index contributed by atoms with van der Waals surface area (Å²) in [5.74, 6) is -2.49. The first-order valence-electron chi connectivity index (χ1n) is 7.34. The Morgan fingerprint density at radius 3 is 2.09 bits per heavy atom. The minimum absolute atomic E-state index is 0.0924. The van der Waals surface area contributed by atoms with Crippen LogP contribution in [0.3, 0.4) is 0 Å². The normalized spacial score (nSPS) is 15.0. The fourth-order valence-corrected chi connectivity index (χ4v) is 2.40. The lowest BCUT2D eigenvalue weighted by Crippen LogP contribution is -2.30. The number of hydrogen-bond acceptors (Lipinski definition) is 2. The maximum atomic E-state index is 12.3. The number of anilines is 2. The summed E-state index contributed by atoms with van der Waals surface area (Å²) < 4.78 is 37.0. The SMILES string of the molecule is O=C(C=C1CCCCC1)Nc1ccccc1NC(=O)C(F)(F)F. The maximum absolute atomic E-state index is 12.3. The number of halogens is 3. The third-order valence-corrected chi connectivity index (χ3v) is 3.52. The van der Waals surface area contributed by atoms with Gasteiger partial charge in [-0.1, -0.05) is 24.1 Å². The molecule has 2 amide bonds. The highest BCUT2D eigenvalue weighted by Gasteiger charge is 2.39. The Hall–Kier alpha value is -2.31. The molecule has 0 bridgehead atoms. The van der Waals surface area contributed by atoms with Crippen LogP contribution >= 0.6 is 0 Å². The van der Waals surface area contributed by atoms with Crippen molar-refractivity contribution in [1.82, 2.24) is 0 Å². The molecule has 0 aliphatic heterocycles. The number of carbonyl (C=O) groups is 2. The number of rotatable bonds is 3. The van der Waals surface area contributed by atoms with Crippen LogP contribution in [-0.2, 0) is 9.59 Å². The van der Waals surface area contributed by atoms with Gasteiger partial charge in [-0.15, -0.1) is 0 Å².